The molecule has 4 nitrogen and oxygen atoms in total. The molecular weight excluding hydrogens is 346 g/mol. The highest BCUT2D eigenvalue weighted by Gasteiger charge is 2.15. The number of carbonyl (C=O) groups excluding carboxylic acids is 1. The minimum absolute atomic E-state index is 0.0877. The molecule has 0 saturated heterocycles. The summed E-state index contributed by atoms with van der Waals surface area (Å²) in [5.74, 6) is 0.720. The van der Waals surface area contributed by atoms with Crippen molar-refractivity contribution < 1.29 is 4.79 Å². The fourth-order valence-corrected chi connectivity index (χ4v) is 3.11. The summed E-state index contributed by atoms with van der Waals surface area (Å²) < 4.78 is 0. The van der Waals surface area contributed by atoms with E-state index in [9.17, 15) is 4.79 Å². The summed E-state index contributed by atoms with van der Waals surface area (Å²) in [4.78, 5) is 19.4. The van der Waals surface area contributed by atoms with Crippen molar-refractivity contribution in [1.29, 1.82) is 0 Å². The summed E-state index contributed by atoms with van der Waals surface area (Å²) in [6.07, 6.45) is 1.71. The molecule has 0 atom stereocenters. The molecule has 1 N–H and O–H groups in total. The normalized spacial score (nSPS) is 10.7. The van der Waals surface area contributed by atoms with Crippen molar-refractivity contribution in [3.63, 3.8) is 0 Å². The Labute approximate surface area is 167 Å². The number of nitrogens with zero attached hydrogens (tertiary/aromatic N) is 2. The summed E-state index contributed by atoms with van der Waals surface area (Å²) in [5, 5.41) is 3.02. The summed E-state index contributed by atoms with van der Waals surface area (Å²) in [7, 11) is 0. The van der Waals surface area contributed by atoms with Gasteiger partial charge in [0.05, 0.1) is 0 Å². The van der Waals surface area contributed by atoms with Gasteiger partial charge in [0.25, 0.3) is 5.91 Å². The van der Waals surface area contributed by atoms with Crippen LogP contribution in [0.25, 0.3) is 0 Å². The summed E-state index contributed by atoms with van der Waals surface area (Å²) in [5.41, 5.74) is 4.13. The van der Waals surface area contributed by atoms with Gasteiger partial charge in [-0.3, -0.25) is 4.79 Å². The Hall–Kier alpha value is -3.14. The molecular formula is C24H27N3O. The molecule has 0 aliphatic heterocycles. The Morgan fingerprint density at radius 2 is 1.75 bits per heavy atom. The second-order valence-electron chi connectivity index (χ2n) is 7.22. The van der Waals surface area contributed by atoms with Gasteiger partial charge in [-0.1, -0.05) is 54.6 Å². The van der Waals surface area contributed by atoms with Crippen LogP contribution in [0.3, 0.4) is 0 Å². The average molecular weight is 374 g/mol. The summed E-state index contributed by atoms with van der Waals surface area (Å²) in [6.45, 7) is 7.59. The van der Waals surface area contributed by atoms with Crippen LogP contribution in [0, 0.1) is 6.92 Å². The third kappa shape index (κ3) is 4.97. The van der Waals surface area contributed by atoms with Crippen LogP contribution in [0.2, 0.25) is 0 Å². The standard InChI is InChI=1S/C24H27N3O/c1-18(2)27(17-20-10-5-4-6-11-20)23-15-21(13-14-25-23)24(28)26-16-22-12-8-7-9-19(22)3/h4-15,18H,16-17H2,1-3H3,(H,26,28). The first-order valence-corrected chi connectivity index (χ1v) is 9.64. The SMILES string of the molecule is Cc1ccccc1CNC(=O)c1ccnc(N(Cc2ccccc2)C(C)C)c1. The summed E-state index contributed by atoms with van der Waals surface area (Å²) >= 11 is 0. The Morgan fingerprint density at radius 3 is 2.46 bits per heavy atom. The number of anilines is 1. The maximum absolute atomic E-state index is 12.7. The van der Waals surface area contributed by atoms with E-state index in [-0.39, 0.29) is 11.9 Å². The number of carbonyl (C=O) groups is 1. The fourth-order valence-electron chi connectivity index (χ4n) is 3.11. The largest absolute Gasteiger partial charge is 0.350 e. The zero-order valence-electron chi connectivity index (χ0n) is 16.7. The molecule has 3 aromatic rings. The predicted molar refractivity (Wildman–Crippen MR) is 114 cm³/mol. The summed E-state index contributed by atoms with van der Waals surface area (Å²) in [6, 6.07) is 22.3. The number of benzene rings is 2. The number of pyridine rings is 1. The van der Waals surface area contributed by atoms with Gasteiger partial charge in [-0.25, -0.2) is 4.98 Å². The molecule has 144 valence electrons. The number of amides is 1. The average Bonchev–Trinajstić information content (AvgIpc) is 2.72. The van der Waals surface area contributed by atoms with Crippen LogP contribution < -0.4 is 10.2 Å². The second kappa shape index (κ2) is 9.18. The first-order chi connectivity index (χ1) is 13.5. The van der Waals surface area contributed by atoms with Gasteiger partial charge in [0.15, 0.2) is 0 Å². The van der Waals surface area contributed by atoms with E-state index >= 15 is 0 Å². The number of hydrogen-bond donors (Lipinski definition) is 1. The molecule has 3 rings (SSSR count). The van der Waals surface area contributed by atoms with Crippen molar-refractivity contribution in [2.45, 2.75) is 39.9 Å². The first kappa shape index (κ1) is 19.6. The second-order valence-corrected chi connectivity index (χ2v) is 7.22. The van der Waals surface area contributed by atoms with E-state index in [1.54, 1.807) is 12.3 Å². The van der Waals surface area contributed by atoms with Crippen molar-refractivity contribution in [2.75, 3.05) is 4.90 Å². The quantitative estimate of drug-likeness (QED) is 0.651. The van der Waals surface area contributed by atoms with Crippen molar-refractivity contribution in [3.05, 3.63) is 95.2 Å². The molecule has 1 amide bonds. The molecule has 1 aromatic heterocycles. The van der Waals surface area contributed by atoms with Crippen molar-refractivity contribution >= 4 is 11.7 Å². The molecule has 28 heavy (non-hydrogen) atoms. The molecule has 0 radical (unpaired) electrons. The lowest BCUT2D eigenvalue weighted by molar-refractivity contribution is 0.0951. The highest BCUT2D eigenvalue weighted by Crippen LogP contribution is 2.19. The van der Waals surface area contributed by atoms with E-state index in [1.165, 1.54) is 11.1 Å². The molecule has 1 heterocycles. The van der Waals surface area contributed by atoms with Crippen LogP contribution in [0.4, 0.5) is 5.82 Å². The molecule has 0 unspecified atom stereocenters. The van der Waals surface area contributed by atoms with Gasteiger partial charge < -0.3 is 10.2 Å². The molecule has 0 saturated carbocycles. The third-order valence-corrected chi connectivity index (χ3v) is 4.82. The predicted octanol–water partition coefficient (Wildman–Crippen LogP) is 4.74. The highest BCUT2D eigenvalue weighted by molar-refractivity contribution is 5.94. The Kier molecular flexibility index (Phi) is 6.43. The van der Waals surface area contributed by atoms with E-state index in [1.807, 2.05) is 42.5 Å². The zero-order valence-corrected chi connectivity index (χ0v) is 16.7. The van der Waals surface area contributed by atoms with Gasteiger partial charge in [-0.05, 0) is 49.6 Å². The Bertz CT molecular complexity index is 922. The van der Waals surface area contributed by atoms with Gasteiger partial charge in [0.1, 0.15) is 5.82 Å². The van der Waals surface area contributed by atoms with Gasteiger partial charge in [0, 0.05) is 30.9 Å². The van der Waals surface area contributed by atoms with Gasteiger partial charge in [0.2, 0.25) is 0 Å². The number of rotatable bonds is 7. The van der Waals surface area contributed by atoms with Crippen LogP contribution in [-0.2, 0) is 13.1 Å². The monoisotopic (exact) mass is 373 g/mol. The zero-order chi connectivity index (χ0) is 19.9. The molecule has 2 aromatic carbocycles. The van der Waals surface area contributed by atoms with Crippen LogP contribution >= 0.6 is 0 Å². The van der Waals surface area contributed by atoms with E-state index in [4.69, 9.17) is 0 Å². The number of aromatic nitrogens is 1. The molecule has 0 aliphatic carbocycles. The molecule has 4 heteroatoms. The van der Waals surface area contributed by atoms with Crippen molar-refractivity contribution in [3.8, 4) is 0 Å². The lowest BCUT2D eigenvalue weighted by Crippen LogP contribution is -2.31. The molecule has 0 aliphatic rings. The number of hydrogen-bond acceptors (Lipinski definition) is 3. The van der Waals surface area contributed by atoms with Crippen molar-refractivity contribution in [2.24, 2.45) is 0 Å². The van der Waals surface area contributed by atoms with Gasteiger partial charge in [-0.2, -0.15) is 0 Å². The maximum Gasteiger partial charge on any atom is 0.251 e. The number of nitrogens with one attached hydrogen (secondary N) is 1. The lowest BCUT2D eigenvalue weighted by Gasteiger charge is -2.28. The van der Waals surface area contributed by atoms with Crippen LogP contribution in [0.5, 0.6) is 0 Å². The van der Waals surface area contributed by atoms with Crippen LogP contribution in [0.1, 0.15) is 40.9 Å². The fraction of sp³-hybridized carbons (Fsp3) is 0.250. The van der Waals surface area contributed by atoms with Crippen LogP contribution in [-0.4, -0.2) is 16.9 Å². The van der Waals surface area contributed by atoms with Crippen molar-refractivity contribution in [1.82, 2.24) is 10.3 Å². The molecule has 0 spiro atoms. The van der Waals surface area contributed by atoms with E-state index in [2.05, 4.69) is 54.2 Å². The first-order valence-electron chi connectivity index (χ1n) is 9.64. The van der Waals surface area contributed by atoms with Crippen LogP contribution in [0.15, 0.2) is 72.9 Å². The Morgan fingerprint density at radius 1 is 1.04 bits per heavy atom. The Balaban J connectivity index is 1.74. The van der Waals surface area contributed by atoms with Gasteiger partial charge >= 0.3 is 0 Å². The molecule has 0 fully saturated rings. The smallest absolute Gasteiger partial charge is 0.251 e. The molecule has 0 bridgehead atoms. The topological polar surface area (TPSA) is 45.2 Å². The third-order valence-electron chi connectivity index (χ3n) is 4.82. The maximum atomic E-state index is 12.7. The minimum atomic E-state index is -0.0877. The van der Waals surface area contributed by atoms with E-state index in [0.717, 1.165) is 17.9 Å². The van der Waals surface area contributed by atoms with E-state index < -0.39 is 0 Å². The van der Waals surface area contributed by atoms with E-state index in [0.29, 0.717) is 12.1 Å². The van der Waals surface area contributed by atoms with Gasteiger partial charge in [-0.15, -0.1) is 0 Å². The minimum Gasteiger partial charge on any atom is -0.350 e. The lowest BCUT2D eigenvalue weighted by atomic mass is 10.1. The number of aryl methyl sites for hydroxylation is 1. The highest BCUT2D eigenvalue weighted by atomic mass is 16.1.